The fourth-order valence-corrected chi connectivity index (χ4v) is 2.89. The van der Waals surface area contributed by atoms with Crippen molar-refractivity contribution in [1.29, 1.82) is 0 Å². The molecule has 140 valence electrons. The van der Waals surface area contributed by atoms with E-state index in [4.69, 9.17) is 14.2 Å². The number of methoxy groups -OCH3 is 2. The van der Waals surface area contributed by atoms with Gasteiger partial charge in [-0.25, -0.2) is 9.97 Å². The van der Waals surface area contributed by atoms with Crippen LogP contribution in [0.15, 0.2) is 47.4 Å². The van der Waals surface area contributed by atoms with Crippen molar-refractivity contribution in [2.45, 2.75) is 13.2 Å². The van der Waals surface area contributed by atoms with E-state index in [1.807, 2.05) is 11.4 Å². The zero-order chi connectivity index (χ0) is 19.1. The highest BCUT2D eigenvalue weighted by molar-refractivity contribution is 7.07. The smallest absolute Gasteiger partial charge is 0.251 e. The van der Waals surface area contributed by atoms with E-state index in [2.05, 4.69) is 15.3 Å². The van der Waals surface area contributed by atoms with Crippen molar-refractivity contribution in [3.63, 3.8) is 0 Å². The van der Waals surface area contributed by atoms with E-state index in [0.717, 1.165) is 11.3 Å². The normalized spacial score (nSPS) is 10.3. The lowest BCUT2D eigenvalue weighted by atomic mass is 10.1. The van der Waals surface area contributed by atoms with Gasteiger partial charge < -0.3 is 19.5 Å². The first-order valence-corrected chi connectivity index (χ1v) is 9.09. The third-order valence-corrected chi connectivity index (χ3v) is 4.38. The Hall–Kier alpha value is -3.13. The maximum absolute atomic E-state index is 12.4. The van der Waals surface area contributed by atoms with E-state index in [-0.39, 0.29) is 5.91 Å². The minimum Gasteiger partial charge on any atom is -0.493 e. The standard InChI is InChI=1S/C19H19N3O4S/c1-24-17-8-14(3-4-16(17)26-10-15-11-27-12-22-15)19(23)21-9-13-5-6-20-18(7-13)25-2/h3-8,11-12H,9-10H2,1-2H3,(H,21,23). The molecule has 0 fully saturated rings. The molecule has 0 aliphatic rings. The summed E-state index contributed by atoms with van der Waals surface area (Å²) in [6, 6.07) is 8.66. The predicted molar refractivity (Wildman–Crippen MR) is 101 cm³/mol. The summed E-state index contributed by atoms with van der Waals surface area (Å²) >= 11 is 1.51. The molecule has 0 spiro atoms. The van der Waals surface area contributed by atoms with Crippen LogP contribution in [0.25, 0.3) is 0 Å². The van der Waals surface area contributed by atoms with E-state index in [9.17, 15) is 4.79 Å². The fourth-order valence-electron chi connectivity index (χ4n) is 2.35. The molecule has 1 amide bonds. The maximum atomic E-state index is 12.4. The summed E-state index contributed by atoms with van der Waals surface area (Å²) in [6.07, 6.45) is 1.64. The van der Waals surface area contributed by atoms with Gasteiger partial charge in [0, 0.05) is 29.8 Å². The van der Waals surface area contributed by atoms with Crippen LogP contribution in [0.2, 0.25) is 0 Å². The Morgan fingerprint density at radius 1 is 1.11 bits per heavy atom. The number of aromatic nitrogens is 2. The van der Waals surface area contributed by atoms with Crippen LogP contribution >= 0.6 is 11.3 Å². The van der Waals surface area contributed by atoms with Crippen LogP contribution in [0.4, 0.5) is 0 Å². The first-order chi connectivity index (χ1) is 13.2. The second-order valence-electron chi connectivity index (χ2n) is 5.52. The molecule has 3 rings (SSSR count). The number of thiazole rings is 1. The molecule has 0 saturated heterocycles. The second-order valence-corrected chi connectivity index (χ2v) is 6.24. The Balaban J connectivity index is 1.63. The molecule has 3 aromatic rings. The van der Waals surface area contributed by atoms with Gasteiger partial charge in [0.05, 0.1) is 25.4 Å². The van der Waals surface area contributed by atoms with E-state index < -0.39 is 0 Å². The third kappa shape index (κ3) is 4.95. The molecule has 1 N–H and O–H groups in total. The van der Waals surface area contributed by atoms with E-state index in [1.165, 1.54) is 18.4 Å². The highest BCUT2D eigenvalue weighted by Gasteiger charge is 2.12. The lowest BCUT2D eigenvalue weighted by Crippen LogP contribution is -2.22. The number of amides is 1. The lowest BCUT2D eigenvalue weighted by molar-refractivity contribution is 0.0950. The Morgan fingerprint density at radius 3 is 2.74 bits per heavy atom. The molecule has 27 heavy (non-hydrogen) atoms. The molecule has 0 bridgehead atoms. The first-order valence-electron chi connectivity index (χ1n) is 8.14. The van der Waals surface area contributed by atoms with E-state index >= 15 is 0 Å². The zero-order valence-electron chi connectivity index (χ0n) is 15.0. The van der Waals surface area contributed by atoms with Gasteiger partial charge in [-0.15, -0.1) is 11.3 Å². The van der Waals surface area contributed by atoms with Gasteiger partial charge in [0.1, 0.15) is 6.61 Å². The maximum Gasteiger partial charge on any atom is 0.251 e. The molecule has 1 aromatic carbocycles. The molecule has 0 saturated carbocycles. The highest BCUT2D eigenvalue weighted by atomic mass is 32.1. The van der Waals surface area contributed by atoms with Crippen molar-refractivity contribution >= 4 is 17.2 Å². The number of ether oxygens (including phenoxy) is 3. The van der Waals surface area contributed by atoms with E-state index in [1.54, 1.807) is 43.1 Å². The average molecular weight is 385 g/mol. The van der Waals surface area contributed by atoms with Crippen LogP contribution in [0, 0.1) is 0 Å². The predicted octanol–water partition coefficient (Wildman–Crippen LogP) is 3.06. The SMILES string of the molecule is COc1cc(CNC(=O)c2ccc(OCc3cscn3)c(OC)c2)ccn1. The molecule has 0 atom stereocenters. The Labute approximate surface area is 161 Å². The van der Waals surface area contributed by atoms with Gasteiger partial charge in [-0.2, -0.15) is 0 Å². The first kappa shape index (κ1) is 18.7. The van der Waals surface area contributed by atoms with Crippen molar-refractivity contribution < 1.29 is 19.0 Å². The molecular weight excluding hydrogens is 366 g/mol. The number of nitrogens with one attached hydrogen (secondary N) is 1. The Kier molecular flexibility index (Phi) is 6.22. The number of pyridine rings is 1. The van der Waals surface area contributed by atoms with Gasteiger partial charge in [0.15, 0.2) is 11.5 Å². The average Bonchev–Trinajstić information content (AvgIpc) is 3.24. The number of hydrogen-bond donors (Lipinski definition) is 1. The number of carbonyl (C=O) groups excluding carboxylic acids is 1. The topological polar surface area (TPSA) is 82.6 Å². The molecule has 0 unspecified atom stereocenters. The van der Waals surface area contributed by atoms with Crippen LogP contribution in [-0.2, 0) is 13.2 Å². The van der Waals surface area contributed by atoms with Crippen molar-refractivity contribution in [3.8, 4) is 17.4 Å². The number of carbonyl (C=O) groups is 1. The van der Waals surface area contributed by atoms with Crippen LogP contribution in [0.5, 0.6) is 17.4 Å². The summed E-state index contributed by atoms with van der Waals surface area (Å²) < 4.78 is 16.2. The molecule has 8 heteroatoms. The van der Waals surface area contributed by atoms with Crippen molar-refractivity contribution in [3.05, 3.63) is 64.2 Å². The van der Waals surface area contributed by atoms with Crippen molar-refractivity contribution in [1.82, 2.24) is 15.3 Å². The monoisotopic (exact) mass is 385 g/mol. The molecule has 2 aromatic heterocycles. The highest BCUT2D eigenvalue weighted by Crippen LogP contribution is 2.29. The molecule has 2 heterocycles. The molecule has 0 aliphatic carbocycles. The number of nitrogens with zero attached hydrogens (tertiary/aromatic N) is 2. The number of benzene rings is 1. The van der Waals surface area contributed by atoms with Crippen molar-refractivity contribution in [2.24, 2.45) is 0 Å². The van der Waals surface area contributed by atoms with Gasteiger partial charge in [0.25, 0.3) is 5.91 Å². The van der Waals surface area contributed by atoms with Crippen molar-refractivity contribution in [2.75, 3.05) is 14.2 Å². The lowest BCUT2D eigenvalue weighted by Gasteiger charge is -2.12. The van der Waals surface area contributed by atoms with Gasteiger partial charge >= 0.3 is 0 Å². The summed E-state index contributed by atoms with van der Waals surface area (Å²) in [7, 11) is 3.09. The third-order valence-electron chi connectivity index (χ3n) is 3.75. The Morgan fingerprint density at radius 2 is 2.00 bits per heavy atom. The minimum atomic E-state index is -0.213. The summed E-state index contributed by atoms with van der Waals surface area (Å²) in [5.41, 5.74) is 3.97. The molecule has 7 nitrogen and oxygen atoms in total. The van der Waals surface area contributed by atoms with Gasteiger partial charge in [-0.3, -0.25) is 4.79 Å². The van der Waals surface area contributed by atoms with E-state index in [0.29, 0.717) is 36.1 Å². The Bertz CT molecular complexity index is 900. The fraction of sp³-hybridized carbons (Fsp3) is 0.211. The van der Waals surface area contributed by atoms with Crippen LogP contribution < -0.4 is 19.5 Å². The van der Waals surface area contributed by atoms with Gasteiger partial charge in [0.2, 0.25) is 5.88 Å². The summed E-state index contributed by atoms with van der Waals surface area (Å²) in [4.78, 5) is 20.6. The zero-order valence-corrected chi connectivity index (χ0v) is 15.8. The molecular formula is C19H19N3O4S. The largest absolute Gasteiger partial charge is 0.493 e. The summed E-state index contributed by atoms with van der Waals surface area (Å²) in [5.74, 6) is 1.34. The van der Waals surface area contributed by atoms with Gasteiger partial charge in [-0.05, 0) is 29.8 Å². The second kappa shape index (κ2) is 9.00. The molecule has 0 aliphatic heterocycles. The summed E-state index contributed by atoms with van der Waals surface area (Å²) in [6.45, 7) is 0.706. The quantitative estimate of drug-likeness (QED) is 0.642. The molecule has 0 radical (unpaired) electrons. The summed E-state index contributed by atoms with van der Waals surface area (Å²) in [5, 5.41) is 4.78. The minimum absolute atomic E-state index is 0.213. The van der Waals surface area contributed by atoms with Crippen LogP contribution in [-0.4, -0.2) is 30.1 Å². The number of hydrogen-bond acceptors (Lipinski definition) is 7. The number of rotatable bonds is 8. The van der Waals surface area contributed by atoms with Crippen LogP contribution in [0.3, 0.4) is 0 Å². The van der Waals surface area contributed by atoms with Gasteiger partial charge in [-0.1, -0.05) is 0 Å². The van der Waals surface area contributed by atoms with Crippen LogP contribution in [0.1, 0.15) is 21.6 Å².